The van der Waals surface area contributed by atoms with Crippen molar-refractivity contribution in [2.75, 3.05) is 13.2 Å². The topological polar surface area (TPSA) is 51.4 Å². The molecule has 4 atom stereocenters. The predicted octanol–water partition coefficient (Wildman–Crippen LogP) is 2.11. The number of ether oxygens (including phenoxy) is 1. The van der Waals surface area contributed by atoms with Crippen LogP contribution in [-0.4, -0.2) is 41.2 Å². The first-order valence-corrected chi connectivity index (χ1v) is 7.84. The Labute approximate surface area is 121 Å². The van der Waals surface area contributed by atoms with Gasteiger partial charge in [-0.15, -0.1) is 0 Å². The number of pyridine rings is 1. The Morgan fingerprint density at radius 2 is 2.20 bits per heavy atom. The van der Waals surface area contributed by atoms with Gasteiger partial charge < -0.3 is 10.5 Å². The molecule has 4 heteroatoms. The number of morpholine rings is 1. The molecule has 2 aliphatic rings. The number of nitrogens with two attached hydrogens (primary N) is 1. The highest BCUT2D eigenvalue weighted by Gasteiger charge is 2.40. The zero-order valence-electron chi connectivity index (χ0n) is 12.2. The van der Waals surface area contributed by atoms with Crippen LogP contribution < -0.4 is 5.73 Å². The fourth-order valence-electron chi connectivity index (χ4n) is 3.77. The molecule has 4 nitrogen and oxygen atoms in total. The van der Waals surface area contributed by atoms with Gasteiger partial charge in [-0.05, 0) is 43.4 Å². The molecule has 1 saturated carbocycles. The van der Waals surface area contributed by atoms with E-state index in [1.165, 1.54) is 24.8 Å². The lowest BCUT2D eigenvalue weighted by Gasteiger charge is -2.44. The molecule has 3 rings (SSSR count). The Morgan fingerprint density at radius 1 is 1.40 bits per heavy atom. The fourth-order valence-corrected chi connectivity index (χ4v) is 3.77. The lowest BCUT2D eigenvalue weighted by atomic mass is 9.94. The predicted molar refractivity (Wildman–Crippen MR) is 79.3 cm³/mol. The molecule has 110 valence electrons. The van der Waals surface area contributed by atoms with Crippen LogP contribution in [0.2, 0.25) is 0 Å². The van der Waals surface area contributed by atoms with Crippen molar-refractivity contribution in [3.8, 4) is 0 Å². The summed E-state index contributed by atoms with van der Waals surface area (Å²) in [5.74, 6) is 0. The van der Waals surface area contributed by atoms with E-state index in [2.05, 4.69) is 28.9 Å². The van der Waals surface area contributed by atoms with Crippen LogP contribution >= 0.6 is 0 Å². The largest absolute Gasteiger partial charge is 0.375 e. The molecule has 1 aliphatic heterocycles. The Bertz CT molecular complexity index is 425. The minimum absolute atomic E-state index is 0.164. The number of fused-ring (bicyclic) bond motifs is 1. The number of hydrogen-bond acceptors (Lipinski definition) is 4. The van der Waals surface area contributed by atoms with Crippen LogP contribution in [0.1, 0.15) is 44.2 Å². The summed E-state index contributed by atoms with van der Waals surface area (Å²) in [6, 6.07) is 5.22. The SMILES string of the molecule is CCC(N)C(c1ccncc1)N1CCOC2CCCC21. The van der Waals surface area contributed by atoms with Crippen molar-refractivity contribution in [1.82, 2.24) is 9.88 Å². The molecule has 2 heterocycles. The van der Waals surface area contributed by atoms with Gasteiger partial charge in [0.15, 0.2) is 0 Å². The van der Waals surface area contributed by atoms with Crippen molar-refractivity contribution in [2.24, 2.45) is 5.73 Å². The average Bonchev–Trinajstić information content (AvgIpc) is 2.98. The van der Waals surface area contributed by atoms with Gasteiger partial charge >= 0.3 is 0 Å². The average molecular weight is 275 g/mol. The summed E-state index contributed by atoms with van der Waals surface area (Å²) in [5, 5.41) is 0. The summed E-state index contributed by atoms with van der Waals surface area (Å²) < 4.78 is 5.94. The Morgan fingerprint density at radius 3 is 2.95 bits per heavy atom. The first kappa shape index (κ1) is 14.0. The molecule has 4 unspecified atom stereocenters. The van der Waals surface area contributed by atoms with Crippen molar-refractivity contribution in [3.63, 3.8) is 0 Å². The quantitative estimate of drug-likeness (QED) is 0.914. The van der Waals surface area contributed by atoms with Gasteiger partial charge in [0, 0.05) is 31.0 Å². The number of aromatic nitrogens is 1. The molecule has 1 saturated heterocycles. The van der Waals surface area contributed by atoms with Crippen molar-refractivity contribution in [2.45, 2.75) is 56.8 Å². The minimum Gasteiger partial charge on any atom is -0.375 e. The maximum atomic E-state index is 6.46. The molecule has 2 N–H and O–H groups in total. The van der Waals surface area contributed by atoms with Gasteiger partial charge in [-0.1, -0.05) is 6.92 Å². The van der Waals surface area contributed by atoms with E-state index >= 15 is 0 Å². The Balaban J connectivity index is 1.88. The third-order valence-electron chi connectivity index (χ3n) is 4.81. The highest BCUT2D eigenvalue weighted by Crippen LogP contribution is 2.36. The van der Waals surface area contributed by atoms with E-state index in [9.17, 15) is 0 Å². The third-order valence-corrected chi connectivity index (χ3v) is 4.81. The summed E-state index contributed by atoms with van der Waals surface area (Å²) in [6.45, 7) is 3.99. The highest BCUT2D eigenvalue weighted by atomic mass is 16.5. The van der Waals surface area contributed by atoms with Gasteiger partial charge in [-0.25, -0.2) is 0 Å². The van der Waals surface area contributed by atoms with Gasteiger partial charge in [0.25, 0.3) is 0 Å². The maximum Gasteiger partial charge on any atom is 0.0731 e. The van der Waals surface area contributed by atoms with Gasteiger partial charge in [0.1, 0.15) is 0 Å². The summed E-state index contributed by atoms with van der Waals surface area (Å²) >= 11 is 0. The molecule has 0 amide bonds. The Hall–Kier alpha value is -0.970. The van der Waals surface area contributed by atoms with Crippen molar-refractivity contribution < 1.29 is 4.74 Å². The molecule has 1 aromatic heterocycles. The highest BCUT2D eigenvalue weighted by molar-refractivity contribution is 5.18. The van der Waals surface area contributed by atoms with E-state index < -0.39 is 0 Å². The smallest absolute Gasteiger partial charge is 0.0731 e. The van der Waals surface area contributed by atoms with Crippen molar-refractivity contribution >= 4 is 0 Å². The van der Waals surface area contributed by atoms with E-state index in [0.717, 1.165) is 19.6 Å². The first-order valence-electron chi connectivity index (χ1n) is 7.84. The first-order chi connectivity index (χ1) is 9.81. The van der Waals surface area contributed by atoms with E-state index in [0.29, 0.717) is 12.1 Å². The van der Waals surface area contributed by atoms with Crippen LogP contribution in [0.5, 0.6) is 0 Å². The second-order valence-corrected chi connectivity index (χ2v) is 5.94. The van der Waals surface area contributed by atoms with Crippen LogP contribution in [0, 0.1) is 0 Å². The maximum absolute atomic E-state index is 6.46. The molecule has 0 bridgehead atoms. The fraction of sp³-hybridized carbons (Fsp3) is 0.688. The molecule has 0 radical (unpaired) electrons. The van der Waals surface area contributed by atoms with Crippen LogP contribution in [0.15, 0.2) is 24.5 Å². The second-order valence-electron chi connectivity index (χ2n) is 5.94. The number of nitrogens with zero attached hydrogens (tertiary/aromatic N) is 2. The zero-order chi connectivity index (χ0) is 13.9. The third kappa shape index (κ3) is 2.60. The van der Waals surface area contributed by atoms with Crippen LogP contribution in [0.25, 0.3) is 0 Å². The summed E-state index contributed by atoms with van der Waals surface area (Å²) in [5.41, 5.74) is 7.75. The van der Waals surface area contributed by atoms with Crippen LogP contribution in [-0.2, 0) is 4.74 Å². The van der Waals surface area contributed by atoms with E-state index in [1.54, 1.807) is 0 Å². The summed E-state index contributed by atoms with van der Waals surface area (Å²) in [4.78, 5) is 6.74. The van der Waals surface area contributed by atoms with Gasteiger partial charge in [0.05, 0.1) is 18.8 Å². The lowest BCUT2D eigenvalue weighted by molar-refractivity contribution is -0.0762. The van der Waals surface area contributed by atoms with Crippen LogP contribution in [0.3, 0.4) is 0 Å². The Kier molecular flexibility index (Phi) is 4.34. The van der Waals surface area contributed by atoms with E-state index in [-0.39, 0.29) is 12.1 Å². The van der Waals surface area contributed by atoms with E-state index in [4.69, 9.17) is 10.5 Å². The summed E-state index contributed by atoms with van der Waals surface area (Å²) in [6.07, 6.45) is 8.86. The normalized spacial score (nSPS) is 29.9. The van der Waals surface area contributed by atoms with Crippen molar-refractivity contribution in [1.29, 1.82) is 0 Å². The zero-order valence-corrected chi connectivity index (χ0v) is 12.2. The molecular weight excluding hydrogens is 250 g/mol. The lowest BCUT2D eigenvalue weighted by Crippen LogP contribution is -2.53. The van der Waals surface area contributed by atoms with Crippen LogP contribution in [0.4, 0.5) is 0 Å². The molecule has 1 aromatic rings. The molecule has 0 aromatic carbocycles. The molecule has 2 fully saturated rings. The van der Waals surface area contributed by atoms with E-state index in [1.807, 2.05) is 12.4 Å². The summed E-state index contributed by atoms with van der Waals surface area (Å²) in [7, 11) is 0. The van der Waals surface area contributed by atoms with Gasteiger partial charge in [0.2, 0.25) is 0 Å². The second kappa shape index (κ2) is 6.20. The molecule has 20 heavy (non-hydrogen) atoms. The van der Waals surface area contributed by atoms with Gasteiger partial charge in [-0.2, -0.15) is 0 Å². The number of rotatable bonds is 4. The molecular formula is C16H25N3O. The standard InChI is InChI=1S/C16H25N3O/c1-2-13(17)16(12-6-8-18-9-7-12)19-10-11-20-15-5-3-4-14(15)19/h6-9,13-16H,2-5,10-11,17H2,1H3. The minimum atomic E-state index is 0.164. The molecule has 1 aliphatic carbocycles. The number of hydrogen-bond donors (Lipinski definition) is 1. The van der Waals surface area contributed by atoms with Crippen molar-refractivity contribution in [3.05, 3.63) is 30.1 Å². The molecule has 0 spiro atoms. The monoisotopic (exact) mass is 275 g/mol. The van der Waals surface area contributed by atoms with Gasteiger partial charge in [-0.3, -0.25) is 9.88 Å².